The number of nitrogens with one attached hydrogen (secondary N) is 1. The van der Waals surface area contributed by atoms with Crippen LogP contribution in [0.2, 0.25) is 0 Å². The van der Waals surface area contributed by atoms with Gasteiger partial charge in [0.25, 0.3) is 5.89 Å². The van der Waals surface area contributed by atoms with E-state index in [2.05, 4.69) is 25.1 Å². The van der Waals surface area contributed by atoms with Crippen LogP contribution in [0.3, 0.4) is 0 Å². The third-order valence-electron chi connectivity index (χ3n) is 3.66. The quantitative estimate of drug-likeness (QED) is 0.789. The van der Waals surface area contributed by atoms with Crippen molar-refractivity contribution in [1.29, 1.82) is 0 Å². The second-order valence-corrected chi connectivity index (χ2v) is 4.95. The standard InChI is InChI=1S/C14H13N5O/c1-2-9(3-1)12-18-14(20-19-12)10-4-5-15-11(8-10)13-16-6-7-17-13/h4-9H,1-3H2,(H,16,17). The molecule has 0 aliphatic heterocycles. The maximum absolute atomic E-state index is 5.36. The van der Waals surface area contributed by atoms with Crippen molar-refractivity contribution < 1.29 is 4.52 Å². The first-order chi connectivity index (χ1) is 9.90. The summed E-state index contributed by atoms with van der Waals surface area (Å²) in [5.41, 5.74) is 1.63. The summed E-state index contributed by atoms with van der Waals surface area (Å²) in [4.78, 5) is 16.0. The first-order valence-corrected chi connectivity index (χ1v) is 6.70. The van der Waals surface area contributed by atoms with E-state index in [0.717, 1.165) is 35.7 Å². The highest BCUT2D eigenvalue weighted by Crippen LogP contribution is 2.35. The number of nitrogens with zero attached hydrogens (tertiary/aromatic N) is 4. The van der Waals surface area contributed by atoms with Crippen LogP contribution in [-0.2, 0) is 0 Å². The van der Waals surface area contributed by atoms with Gasteiger partial charge >= 0.3 is 0 Å². The van der Waals surface area contributed by atoms with E-state index in [0.29, 0.717) is 11.8 Å². The average molecular weight is 267 g/mol. The number of hydrogen-bond donors (Lipinski definition) is 1. The molecule has 1 aliphatic carbocycles. The van der Waals surface area contributed by atoms with E-state index in [9.17, 15) is 0 Å². The molecule has 6 nitrogen and oxygen atoms in total. The molecule has 3 aromatic rings. The van der Waals surface area contributed by atoms with Crippen LogP contribution in [0.5, 0.6) is 0 Å². The molecule has 1 saturated carbocycles. The Morgan fingerprint density at radius 3 is 2.90 bits per heavy atom. The molecule has 0 radical (unpaired) electrons. The fourth-order valence-electron chi connectivity index (χ4n) is 2.28. The second-order valence-electron chi connectivity index (χ2n) is 4.95. The molecule has 6 heteroatoms. The van der Waals surface area contributed by atoms with E-state index in [-0.39, 0.29) is 0 Å². The highest BCUT2D eigenvalue weighted by atomic mass is 16.5. The molecule has 0 spiro atoms. The maximum Gasteiger partial charge on any atom is 0.258 e. The lowest BCUT2D eigenvalue weighted by Crippen LogP contribution is -2.10. The SMILES string of the molecule is c1cc(-c2nc(C3CCC3)no2)cc(-c2ncc[nH]2)n1. The third kappa shape index (κ3) is 1.89. The van der Waals surface area contributed by atoms with Gasteiger partial charge in [0.05, 0.1) is 0 Å². The van der Waals surface area contributed by atoms with E-state index in [1.165, 1.54) is 6.42 Å². The summed E-state index contributed by atoms with van der Waals surface area (Å²) < 4.78 is 5.36. The van der Waals surface area contributed by atoms with E-state index < -0.39 is 0 Å². The number of aromatic nitrogens is 5. The van der Waals surface area contributed by atoms with E-state index in [4.69, 9.17) is 4.52 Å². The molecule has 4 rings (SSSR count). The zero-order chi connectivity index (χ0) is 13.4. The van der Waals surface area contributed by atoms with Gasteiger partial charge in [-0.2, -0.15) is 4.98 Å². The topological polar surface area (TPSA) is 80.5 Å². The van der Waals surface area contributed by atoms with Crippen LogP contribution in [0.25, 0.3) is 23.0 Å². The molecule has 1 aliphatic rings. The van der Waals surface area contributed by atoms with Gasteiger partial charge in [-0.3, -0.25) is 4.98 Å². The van der Waals surface area contributed by atoms with Gasteiger partial charge in [0, 0.05) is 30.1 Å². The fourth-order valence-corrected chi connectivity index (χ4v) is 2.28. The summed E-state index contributed by atoms with van der Waals surface area (Å²) in [5, 5.41) is 4.08. The minimum absolute atomic E-state index is 0.471. The number of rotatable bonds is 3. The van der Waals surface area contributed by atoms with Crippen molar-refractivity contribution >= 4 is 0 Å². The summed E-state index contributed by atoms with van der Waals surface area (Å²) in [7, 11) is 0. The molecule has 0 saturated heterocycles. The van der Waals surface area contributed by atoms with Gasteiger partial charge in [-0.05, 0) is 25.0 Å². The van der Waals surface area contributed by atoms with Crippen LogP contribution in [-0.4, -0.2) is 25.1 Å². The Morgan fingerprint density at radius 2 is 2.15 bits per heavy atom. The molecule has 0 aromatic carbocycles. The summed E-state index contributed by atoms with van der Waals surface area (Å²) in [6.45, 7) is 0. The lowest BCUT2D eigenvalue weighted by Gasteiger charge is -2.20. The van der Waals surface area contributed by atoms with Crippen molar-refractivity contribution in [3.8, 4) is 23.0 Å². The zero-order valence-electron chi connectivity index (χ0n) is 10.8. The molecule has 0 bridgehead atoms. The number of pyridine rings is 1. The van der Waals surface area contributed by atoms with Crippen LogP contribution in [0.15, 0.2) is 35.2 Å². The summed E-state index contributed by atoms with van der Waals surface area (Å²) in [6.07, 6.45) is 8.77. The molecular weight excluding hydrogens is 254 g/mol. The van der Waals surface area contributed by atoms with Crippen LogP contribution in [0, 0.1) is 0 Å². The molecule has 3 heterocycles. The Labute approximate surface area is 115 Å². The largest absolute Gasteiger partial charge is 0.343 e. The molecule has 3 aromatic heterocycles. The lowest BCUT2D eigenvalue weighted by atomic mass is 9.85. The number of imidazole rings is 1. The smallest absolute Gasteiger partial charge is 0.258 e. The Balaban J connectivity index is 1.68. The van der Waals surface area contributed by atoms with Crippen LogP contribution in [0.1, 0.15) is 31.0 Å². The van der Waals surface area contributed by atoms with E-state index in [1.807, 2.05) is 12.1 Å². The van der Waals surface area contributed by atoms with Gasteiger partial charge in [0.2, 0.25) is 0 Å². The maximum atomic E-state index is 5.36. The Bertz CT molecular complexity index is 715. The van der Waals surface area contributed by atoms with E-state index >= 15 is 0 Å². The van der Waals surface area contributed by atoms with Gasteiger partial charge in [-0.15, -0.1) is 0 Å². The van der Waals surface area contributed by atoms with Crippen LogP contribution >= 0.6 is 0 Å². The van der Waals surface area contributed by atoms with Crippen molar-refractivity contribution in [2.24, 2.45) is 0 Å². The van der Waals surface area contributed by atoms with Crippen LogP contribution in [0.4, 0.5) is 0 Å². The molecule has 0 amide bonds. The third-order valence-corrected chi connectivity index (χ3v) is 3.66. The average Bonchev–Trinajstić information content (AvgIpc) is 3.08. The van der Waals surface area contributed by atoms with E-state index in [1.54, 1.807) is 18.6 Å². The van der Waals surface area contributed by atoms with Gasteiger partial charge in [0.1, 0.15) is 5.69 Å². The summed E-state index contributed by atoms with van der Waals surface area (Å²) in [6, 6.07) is 3.77. The Hall–Kier alpha value is -2.50. The minimum atomic E-state index is 0.471. The first-order valence-electron chi connectivity index (χ1n) is 6.70. The first kappa shape index (κ1) is 11.3. The summed E-state index contributed by atoms with van der Waals surface area (Å²) >= 11 is 0. The molecule has 1 N–H and O–H groups in total. The second kappa shape index (κ2) is 4.56. The molecule has 0 unspecified atom stereocenters. The van der Waals surface area contributed by atoms with Crippen molar-refractivity contribution in [1.82, 2.24) is 25.1 Å². The van der Waals surface area contributed by atoms with Crippen molar-refractivity contribution in [2.45, 2.75) is 25.2 Å². The number of hydrogen-bond acceptors (Lipinski definition) is 5. The predicted molar refractivity (Wildman–Crippen MR) is 71.7 cm³/mol. The predicted octanol–water partition coefficient (Wildman–Crippen LogP) is 2.79. The Morgan fingerprint density at radius 1 is 1.20 bits per heavy atom. The zero-order valence-corrected chi connectivity index (χ0v) is 10.8. The molecule has 0 atom stereocenters. The van der Waals surface area contributed by atoms with Crippen molar-refractivity contribution in [3.05, 3.63) is 36.5 Å². The fraction of sp³-hybridized carbons (Fsp3) is 0.286. The molecule has 1 fully saturated rings. The van der Waals surface area contributed by atoms with Gasteiger partial charge in [-0.25, -0.2) is 4.98 Å². The number of H-pyrrole nitrogens is 1. The molecule has 20 heavy (non-hydrogen) atoms. The molecular formula is C14H13N5O. The highest BCUT2D eigenvalue weighted by molar-refractivity contribution is 5.61. The Kier molecular flexibility index (Phi) is 2.58. The summed E-state index contributed by atoms with van der Waals surface area (Å²) in [5.74, 6) is 2.56. The number of aromatic amines is 1. The van der Waals surface area contributed by atoms with Crippen molar-refractivity contribution in [3.63, 3.8) is 0 Å². The van der Waals surface area contributed by atoms with Crippen molar-refractivity contribution in [2.75, 3.05) is 0 Å². The minimum Gasteiger partial charge on any atom is -0.343 e. The van der Waals surface area contributed by atoms with Gasteiger partial charge in [-0.1, -0.05) is 11.6 Å². The van der Waals surface area contributed by atoms with Gasteiger partial charge < -0.3 is 9.51 Å². The highest BCUT2D eigenvalue weighted by Gasteiger charge is 2.25. The lowest BCUT2D eigenvalue weighted by molar-refractivity contribution is 0.366. The molecule has 100 valence electrons. The van der Waals surface area contributed by atoms with Gasteiger partial charge in [0.15, 0.2) is 11.6 Å². The monoisotopic (exact) mass is 267 g/mol. The van der Waals surface area contributed by atoms with Crippen LogP contribution < -0.4 is 0 Å². The normalized spacial score (nSPS) is 15.2.